The van der Waals surface area contributed by atoms with Crippen LogP contribution in [0.3, 0.4) is 0 Å². The lowest BCUT2D eigenvalue weighted by atomic mass is 9.83. The Labute approximate surface area is 88.4 Å². The van der Waals surface area contributed by atoms with Crippen molar-refractivity contribution in [1.82, 2.24) is 10.2 Å². The Bertz CT molecular complexity index is 278. The van der Waals surface area contributed by atoms with Crippen LogP contribution in [0.5, 0.6) is 0 Å². The summed E-state index contributed by atoms with van der Waals surface area (Å²) in [5.41, 5.74) is -1.03. The van der Waals surface area contributed by atoms with E-state index in [2.05, 4.69) is 10.2 Å². The van der Waals surface area contributed by atoms with Crippen LogP contribution >= 0.6 is 0 Å². The van der Waals surface area contributed by atoms with E-state index in [-0.39, 0.29) is 0 Å². The molecule has 0 radical (unpaired) electrons. The summed E-state index contributed by atoms with van der Waals surface area (Å²) in [5.74, 6) is -0.903. The molecule has 15 heavy (non-hydrogen) atoms. The molecule has 2 fully saturated rings. The number of piperidine rings is 1. The highest BCUT2D eigenvalue weighted by Gasteiger charge is 2.51. The van der Waals surface area contributed by atoms with Crippen molar-refractivity contribution in [2.45, 2.75) is 43.3 Å². The predicted molar refractivity (Wildman–Crippen MR) is 53.4 cm³/mol. The molecule has 2 rings (SSSR count). The molecule has 2 N–H and O–H groups in total. The molecule has 2 unspecified atom stereocenters. The molecule has 0 aromatic carbocycles. The van der Waals surface area contributed by atoms with Gasteiger partial charge in [0.05, 0.1) is 0 Å². The summed E-state index contributed by atoms with van der Waals surface area (Å²) in [6, 6.07) is 0.597. The molecule has 0 aromatic rings. The van der Waals surface area contributed by atoms with Crippen molar-refractivity contribution in [1.29, 1.82) is 0 Å². The van der Waals surface area contributed by atoms with Crippen molar-refractivity contribution in [3.63, 3.8) is 0 Å². The summed E-state index contributed by atoms with van der Waals surface area (Å²) in [6.45, 7) is 0. The predicted octanol–water partition coefficient (Wildman–Crippen LogP) is -0.188. The van der Waals surface area contributed by atoms with Gasteiger partial charge in [-0.1, -0.05) is 0 Å². The van der Waals surface area contributed by atoms with Gasteiger partial charge in [0, 0.05) is 12.1 Å². The van der Waals surface area contributed by atoms with Crippen LogP contribution < -0.4 is 5.32 Å². The maximum atomic E-state index is 11.3. The van der Waals surface area contributed by atoms with Crippen molar-refractivity contribution in [2.75, 3.05) is 7.05 Å². The number of carboxylic acids is 1. The van der Waals surface area contributed by atoms with Gasteiger partial charge in [-0.3, -0.25) is 4.79 Å². The number of nitrogens with zero attached hydrogens (tertiary/aromatic N) is 1. The molecule has 2 bridgehead atoms. The number of fused-ring (bicyclic) bond motifs is 2. The van der Waals surface area contributed by atoms with Crippen LogP contribution in [0.25, 0.3) is 0 Å². The minimum absolute atomic E-state index is 0.298. The van der Waals surface area contributed by atoms with Crippen molar-refractivity contribution in [3.8, 4) is 0 Å². The van der Waals surface area contributed by atoms with Crippen LogP contribution in [0.15, 0.2) is 0 Å². The number of hydrogen-bond acceptors (Lipinski definition) is 3. The highest BCUT2D eigenvalue weighted by Crippen LogP contribution is 2.39. The topological polar surface area (TPSA) is 69.6 Å². The zero-order valence-electron chi connectivity index (χ0n) is 8.77. The molecular formula is C10H16N2O3. The van der Waals surface area contributed by atoms with Gasteiger partial charge in [0.2, 0.25) is 6.41 Å². The molecule has 0 spiro atoms. The molecule has 0 aromatic heterocycles. The van der Waals surface area contributed by atoms with Gasteiger partial charge >= 0.3 is 5.97 Å². The average molecular weight is 212 g/mol. The van der Waals surface area contributed by atoms with Crippen LogP contribution in [-0.4, -0.2) is 47.1 Å². The van der Waals surface area contributed by atoms with E-state index < -0.39 is 11.5 Å². The van der Waals surface area contributed by atoms with Gasteiger partial charge in [-0.15, -0.1) is 0 Å². The molecule has 0 aliphatic carbocycles. The van der Waals surface area contributed by atoms with Crippen molar-refractivity contribution in [3.05, 3.63) is 0 Å². The SMILES string of the molecule is CN1C2CCC1CC(NC=O)(C(=O)O)C2. The van der Waals surface area contributed by atoms with Crippen molar-refractivity contribution in [2.24, 2.45) is 0 Å². The van der Waals surface area contributed by atoms with Crippen LogP contribution in [0.4, 0.5) is 0 Å². The summed E-state index contributed by atoms with van der Waals surface area (Å²) in [4.78, 5) is 24.0. The summed E-state index contributed by atoms with van der Waals surface area (Å²) in [5, 5.41) is 11.7. The summed E-state index contributed by atoms with van der Waals surface area (Å²) in [6.07, 6.45) is 3.63. The van der Waals surface area contributed by atoms with Gasteiger partial charge in [-0.2, -0.15) is 0 Å². The van der Waals surface area contributed by atoms with E-state index in [4.69, 9.17) is 0 Å². The lowest BCUT2D eigenvalue weighted by molar-refractivity contribution is -0.149. The smallest absolute Gasteiger partial charge is 0.329 e. The first-order valence-electron chi connectivity index (χ1n) is 5.26. The molecular weight excluding hydrogens is 196 g/mol. The number of carbonyl (C=O) groups excluding carboxylic acids is 1. The van der Waals surface area contributed by atoms with E-state index in [0.29, 0.717) is 31.3 Å². The first-order chi connectivity index (χ1) is 7.09. The molecule has 1 amide bonds. The van der Waals surface area contributed by atoms with Crippen LogP contribution in [0, 0.1) is 0 Å². The number of amides is 1. The van der Waals surface area contributed by atoms with Crippen LogP contribution in [0.2, 0.25) is 0 Å². The Morgan fingerprint density at radius 1 is 1.47 bits per heavy atom. The molecule has 5 heteroatoms. The van der Waals surface area contributed by atoms with Crippen LogP contribution in [0.1, 0.15) is 25.7 Å². The monoisotopic (exact) mass is 212 g/mol. The Hall–Kier alpha value is -1.10. The quantitative estimate of drug-likeness (QED) is 0.636. The summed E-state index contributed by atoms with van der Waals surface area (Å²) in [7, 11) is 2.04. The van der Waals surface area contributed by atoms with E-state index >= 15 is 0 Å². The third kappa shape index (κ3) is 1.51. The molecule has 0 saturated carbocycles. The van der Waals surface area contributed by atoms with E-state index in [1.165, 1.54) is 0 Å². The minimum Gasteiger partial charge on any atom is -0.480 e. The number of carboxylic acid groups (broad SMARTS) is 1. The minimum atomic E-state index is -1.03. The Morgan fingerprint density at radius 3 is 2.40 bits per heavy atom. The molecule has 2 atom stereocenters. The highest BCUT2D eigenvalue weighted by atomic mass is 16.4. The largest absolute Gasteiger partial charge is 0.480 e. The molecule has 2 saturated heterocycles. The molecule has 2 aliphatic heterocycles. The van der Waals surface area contributed by atoms with Gasteiger partial charge in [0.1, 0.15) is 5.54 Å². The number of carbonyl (C=O) groups is 2. The Balaban J connectivity index is 2.22. The van der Waals surface area contributed by atoms with Gasteiger partial charge in [-0.05, 0) is 32.7 Å². The van der Waals surface area contributed by atoms with E-state index in [0.717, 1.165) is 12.8 Å². The Morgan fingerprint density at radius 2 is 2.00 bits per heavy atom. The first-order valence-corrected chi connectivity index (χ1v) is 5.26. The number of rotatable bonds is 3. The normalized spacial score (nSPS) is 40.1. The zero-order valence-corrected chi connectivity index (χ0v) is 8.77. The third-order valence-corrected chi connectivity index (χ3v) is 3.90. The second-order valence-corrected chi connectivity index (χ2v) is 4.61. The first kappa shape index (κ1) is 10.4. The number of hydrogen-bond donors (Lipinski definition) is 2. The maximum Gasteiger partial charge on any atom is 0.329 e. The van der Waals surface area contributed by atoms with Gasteiger partial charge < -0.3 is 15.3 Å². The van der Waals surface area contributed by atoms with E-state index in [1.807, 2.05) is 7.05 Å². The fourth-order valence-electron chi connectivity index (χ4n) is 2.94. The lowest BCUT2D eigenvalue weighted by Crippen LogP contribution is -2.60. The van der Waals surface area contributed by atoms with Gasteiger partial charge in [0.25, 0.3) is 0 Å². The Kier molecular flexibility index (Phi) is 2.42. The second-order valence-electron chi connectivity index (χ2n) is 4.61. The molecule has 5 nitrogen and oxygen atoms in total. The molecule has 2 heterocycles. The lowest BCUT2D eigenvalue weighted by Gasteiger charge is -2.42. The molecule has 84 valence electrons. The van der Waals surface area contributed by atoms with Crippen molar-refractivity contribution < 1.29 is 14.7 Å². The number of nitrogens with one attached hydrogen (secondary N) is 1. The maximum absolute atomic E-state index is 11.3. The fraction of sp³-hybridized carbons (Fsp3) is 0.800. The fourth-order valence-corrected chi connectivity index (χ4v) is 2.94. The van der Waals surface area contributed by atoms with E-state index in [1.54, 1.807) is 0 Å². The summed E-state index contributed by atoms with van der Waals surface area (Å²) < 4.78 is 0. The number of aliphatic carboxylic acids is 1. The highest BCUT2D eigenvalue weighted by molar-refractivity contribution is 5.82. The van der Waals surface area contributed by atoms with Crippen LogP contribution in [-0.2, 0) is 9.59 Å². The third-order valence-electron chi connectivity index (χ3n) is 3.90. The van der Waals surface area contributed by atoms with Gasteiger partial charge in [-0.25, -0.2) is 4.79 Å². The zero-order chi connectivity index (χ0) is 11.1. The van der Waals surface area contributed by atoms with Gasteiger partial charge in [0.15, 0.2) is 0 Å². The summed E-state index contributed by atoms with van der Waals surface area (Å²) >= 11 is 0. The van der Waals surface area contributed by atoms with E-state index in [9.17, 15) is 14.7 Å². The molecule has 2 aliphatic rings. The standard InChI is InChI=1S/C10H16N2O3/c1-12-7-2-3-8(12)5-10(4-7,9(14)15)11-6-13/h6-8H,2-5H2,1H3,(H,11,13)(H,14,15). The second kappa shape index (κ2) is 3.48. The average Bonchev–Trinajstić information content (AvgIpc) is 2.43. The van der Waals surface area contributed by atoms with Crippen molar-refractivity contribution >= 4 is 12.4 Å².